The summed E-state index contributed by atoms with van der Waals surface area (Å²) < 4.78 is 5.29. The van der Waals surface area contributed by atoms with E-state index in [1.807, 2.05) is 0 Å². The lowest BCUT2D eigenvalue weighted by molar-refractivity contribution is -0.127. The maximum absolute atomic E-state index is 12.9. The monoisotopic (exact) mass is 434 g/mol. The average molecular weight is 435 g/mol. The summed E-state index contributed by atoms with van der Waals surface area (Å²) in [5, 5.41) is 0.466. The highest BCUT2D eigenvalue weighted by molar-refractivity contribution is 6.35. The van der Waals surface area contributed by atoms with E-state index in [2.05, 4.69) is 0 Å². The molecule has 1 aliphatic rings. The molecule has 1 aliphatic heterocycles. The van der Waals surface area contributed by atoms with Crippen LogP contribution in [0, 0.1) is 0 Å². The fraction of sp³-hybridized carbons (Fsp3) is 0.0435. The lowest BCUT2D eigenvalue weighted by Crippen LogP contribution is -2.29. The molecule has 0 radical (unpaired) electrons. The number of rotatable bonds is 5. The molecule has 4 rings (SSSR count). The number of esters is 1. The molecule has 0 aliphatic carbocycles. The van der Waals surface area contributed by atoms with Crippen LogP contribution < -0.4 is 10.6 Å². The van der Waals surface area contributed by atoms with Crippen LogP contribution in [0.4, 0.5) is 5.69 Å². The van der Waals surface area contributed by atoms with Gasteiger partial charge in [-0.25, -0.2) is 9.69 Å². The number of primary amides is 1. The Balaban J connectivity index is 1.61. The number of fused-ring (bicyclic) bond motifs is 1. The number of imide groups is 1. The molecule has 1 atom stereocenters. The van der Waals surface area contributed by atoms with Crippen molar-refractivity contribution in [2.45, 2.75) is 6.10 Å². The van der Waals surface area contributed by atoms with Gasteiger partial charge in [0.2, 0.25) is 6.10 Å². The van der Waals surface area contributed by atoms with Gasteiger partial charge in [0.15, 0.2) is 0 Å². The Morgan fingerprint density at radius 1 is 0.871 bits per heavy atom. The van der Waals surface area contributed by atoms with Crippen molar-refractivity contribution in [3.63, 3.8) is 0 Å². The summed E-state index contributed by atoms with van der Waals surface area (Å²) in [6.07, 6.45) is -1.29. The van der Waals surface area contributed by atoms with Crippen LogP contribution in [0.2, 0.25) is 5.02 Å². The molecule has 8 heteroatoms. The Hall–Kier alpha value is -3.97. The van der Waals surface area contributed by atoms with Crippen LogP contribution in [0.15, 0.2) is 72.8 Å². The van der Waals surface area contributed by atoms with E-state index < -0.39 is 29.8 Å². The molecule has 0 spiro atoms. The minimum atomic E-state index is -1.29. The lowest BCUT2D eigenvalue weighted by atomic mass is 10.1. The zero-order valence-electron chi connectivity index (χ0n) is 15.9. The van der Waals surface area contributed by atoms with Crippen LogP contribution >= 0.6 is 11.6 Å². The van der Waals surface area contributed by atoms with Crippen LogP contribution in [0.1, 0.15) is 42.7 Å². The van der Waals surface area contributed by atoms with E-state index in [9.17, 15) is 19.2 Å². The number of nitrogens with zero attached hydrogens (tertiary/aromatic N) is 1. The number of halogens is 1. The Kier molecular flexibility index (Phi) is 5.27. The molecule has 2 N–H and O–H groups in total. The number of carbonyl (C=O) groups is 4. The first-order valence-electron chi connectivity index (χ1n) is 9.20. The number of benzene rings is 3. The highest BCUT2D eigenvalue weighted by Gasteiger charge is 2.37. The standard InChI is InChI=1S/C23H15ClN2O5/c24-15-7-9-16(10-8-15)26-21(28)17-11-6-14(12-18(17)22(26)29)23(30)31-19(20(25)27)13-4-2-1-3-5-13/h1-12,19H,(H2,25,27). The van der Waals surface area contributed by atoms with Crippen LogP contribution in [0.3, 0.4) is 0 Å². The van der Waals surface area contributed by atoms with Gasteiger partial charge < -0.3 is 10.5 Å². The summed E-state index contributed by atoms with van der Waals surface area (Å²) in [6.45, 7) is 0. The number of carbonyl (C=O) groups excluding carboxylic acids is 4. The Labute approximate surface area is 182 Å². The van der Waals surface area contributed by atoms with E-state index >= 15 is 0 Å². The average Bonchev–Trinajstić information content (AvgIpc) is 3.02. The molecule has 3 aromatic rings. The first-order valence-corrected chi connectivity index (χ1v) is 9.58. The maximum atomic E-state index is 12.9. The topological polar surface area (TPSA) is 107 Å². The first kappa shape index (κ1) is 20.3. The van der Waals surface area contributed by atoms with E-state index in [1.165, 1.54) is 18.2 Å². The molecule has 0 fully saturated rings. The molecule has 31 heavy (non-hydrogen) atoms. The van der Waals surface area contributed by atoms with Crippen molar-refractivity contribution < 1.29 is 23.9 Å². The van der Waals surface area contributed by atoms with Gasteiger partial charge in [-0.2, -0.15) is 0 Å². The summed E-state index contributed by atoms with van der Waals surface area (Å²) >= 11 is 5.87. The Bertz CT molecular complexity index is 1210. The van der Waals surface area contributed by atoms with Crippen molar-refractivity contribution in [1.82, 2.24) is 0 Å². The Morgan fingerprint density at radius 2 is 1.52 bits per heavy atom. The molecule has 0 aromatic heterocycles. The molecule has 3 amide bonds. The van der Waals surface area contributed by atoms with Gasteiger partial charge in [0, 0.05) is 10.6 Å². The summed E-state index contributed by atoms with van der Waals surface area (Å²) in [7, 11) is 0. The van der Waals surface area contributed by atoms with Gasteiger partial charge in [-0.05, 0) is 42.5 Å². The molecule has 3 aromatic carbocycles. The predicted octanol–water partition coefficient (Wildman–Crippen LogP) is 3.52. The molecule has 1 heterocycles. The second-order valence-electron chi connectivity index (χ2n) is 6.78. The largest absolute Gasteiger partial charge is 0.444 e. The predicted molar refractivity (Wildman–Crippen MR) is 113 cm³/mol. The number of amides is 3. The van der Waals surface area contributed by atoms with Crippen molar-refractivity contribution in [3.8, 4) is 0 Å². The lowest BCUT2D eigenvalue weighted by Gasteiger charge is -2.15. The molecule has 154 valence electrons. The van der Waals surface area contributed by atoms with Crippen LogP contribution in [-0.4, -0.2) is 23.7 Å². The Morgan fingerprint density at radius 3 is 2.16 bits per heavy atom. The molecular formula is C23H15ClN2O5. The zero-order valence-corrected chi connectivity index (χ0v) is 16.7. The minimum Gasteiger partial charge on any atom is -0.444 e. The SMILES string of the molecule is NC(=O)C(OC(=O)c1ccc2c(c1)C(=O)N(c1ccc(Cl)cc1)C2=O)c1ccccc1. The molecule has 0 saturated heterocycles. The van der Waals surface area contributed by atoms with Crippen molar-refractivity contribution in [2.75, 3.05) is 4.90 Å². The zero-order chi connectivity index (χ0) is 22.1. The van der Waals surface area contributed by atoms with Gasteiger partial charge in [0.1, 0.15) is 0 Å². The summed E-state index contributed by atoms with van der Waals surface area (Å²) in [6, 6.07) is 18.6. The second-order valence-corrected chi connectivity index (χ2v) is 7.22. The van der Waals surface area contributed by atoms with Gasteiger partial charge >= 0.3 is 5.97 Å². The highest BCUT2D eigenvalue weighted by Crippen LogP contribution is 2.30. The third-order valence-corrected chi connectivity index (χ3v) is 5.04. The number of anilines is 1. The summed E-state index contributed by atoms with van der Waals surface area (Å²) in [5.74, 6) is -2.77. The second kappa shape index (κ2) is 8.04. The highest BCUT2D eigenvalue weighted by atomic mass is 35.5. The van der Waals surface area contributed by atoms with Gasteiger partial charge in [-0.1, -0.05) is 41.9 Å². The van der Waals surface area contributed by atoms with Crippen molar-refractivity contribution in [1.29, 1.82) is 0 Å². The van der Waals surface area contributed by atoms with Gasteiger partial charge in [0.25, 0.3) is 17.7 Å². The normalized spacial score (nSPS) is 13.6. The van der Waals surface area contributed by atoms with E-state index in [4.69, 9.17) is 22.1 Å². The fourth-order valence-electron chi connectivity index (χ4n) is 3.29. The quantitative estimate of drug-likeness (QED) is 0.488. The van der Waals surface area contributed by atoms with Gasteiger partial charge in [-0.3, -0.25) is 14.4 Å². The molecule has 0 bridgehead atoms. The smallest absolute Gasteiger partial charge is 0.339 e. The first-order chi connectivity index (χ1) is 14.9. The minimum absolute atomic E-state index is 0.0139. The molecule has 1 unspecified atom stereocenters. The molecular weight excluding hydrogens is 420 g/mol. The van der Waals surface area contributed by atoms with Crippen LogP contribution in [-0.2, 0) is 9.53 Å². The fourth-order valence-corrected chi connectivity index (χ4v) is 3.41. The van der Waals surface area contributed by atoms with E-state index in [0.717, 1.165) is 4.90 Å². The van der Waals surface area contributed by atoms with E-state index in [0.29, 0.717) is 16.3 Å². The summed E-state index contributed by atoms with van der Waals surface area (Å²) in [5.41, 5.74) is 6.40. The number of ether oxygens (including phenoxy) is 1. The van der Waals surface area contributed by atoms with E-state index in [-0.39, 0.29) is 16.7 Å². The third-order valence-electron chi connectivity index (χ3n) is 4.79. The summed E-state index contributed by atoms with van der Waals surface area (Å²) in [4.78, 5) is 51.1. The van der Waals surface area contributed by atoms with Crippen molar-refractivity contribution in [2.24, 2.45) is 5.73 Å². The maximum Gasteiger partial charge on any atom is 0.339 e. The van der Waals surface area contributed by atoms with Gasteiger partial charge in [-0.15, -0.1) is 0 Å². The number of hydrogen-bond acceptors (Lipinski definition) is 5. The van der Waals surface area contributed by atoms with Crippen LogP contribution in [0.25, 0.3) is 0 Å². The third kappa shape index (κ3) is 3.78. The van der Waals surface area contributed by atoms with E-state index in [1.54, 1.807) is 54.6 Å². The molecule has 0 saturated carbocycles. The van der Waals surface area contributed by atoms with Gasteiger partial charge in [0.05, 0.1) is 22.4 Å². The van der Waals surface area contributed by atoms with Crippen molar-refractivity contribution in [3.05, 3.63) is 100 Å². The molecule has 7 nitrogen and oxygen atoms in total. The number of nitrogens with two attached hydrogens (primary N) is 1. The number of hydrogen-bond donors (Lipinski definition) is 1. The van der Waals surface area contributed by atoms with Crippen LogP contribution in [0.5, 0.6) is 0 Å². The van der Waals surface area contributed by atoms with Crippen molar-refractivity contribution >= 4 is 41.0 Å².